The molecular formula is C19H14NO+. The van der Waals surface area contributed by atoms with Crippen LogP contribution >= 0.6 is 0 Å². The predicted molar refractivity (Wildman–Crippen MR) is 83.1 cm³/mol. The molecule has 0 saturated carbocycles. The van der Waals surface area contributed by atoms with Gasteiger partial charge in [0.2, 0.25) is 5.69 Å². The number of para-hydroxylation sites is 1. The Morgan fingerprint density at radius 3 is 2.76 bits per heavy atom. The summed E-state index contributed by atoms with van der Waals surface area (Å²) in [5.74, 6) is 0. The minimum Gasteiger partial charge on any atom is -0.456 e. The van der Waals surface area contributed by atoms with Crippen LogP contribution in [0.4, 0.5) is 0 Å². The molecular weight excluding hydrogens is 258 g/mol. The fraction of sp³-hybridized carbons (Fsp3) is 0.105. The predicted octanol–water partition coefficient (Wildman–Crippen LogP) is 4.10. The van der Waals surface area contributed by atoms with Crippen LogP contribution in [-0.4, -0.2) is 0 Å². The number of rotatable bonds is 0. The second-order valence-corrected chi connectivity index (χ2v) is 5.63. The fourth-order valence-electron chi connectivity index (χ4n) is 3.42. The monoisotopic (exact) mass is 272 g/mol. The van der Waals surface area contributed by atoms with Crippen molar-refractivity contribution in [1.29, 1.82) is 0 Å². The van der Waals surface area contributed by atoms with Crippen LogP contribution in [0.25, 0.3) is 33.2 Å². The highest BCUT2D eigenvalue weighted by Gasteiger charge is 2.23. The Morgan fingerprint density at radius 1 is 0.857 bits per heavy atom. The van der Waals surface area contributed by atoms with Gasteiger partial charge in [0.05, 0.1) is 5.56 Å². The van der Waals surface area contributed by atoms with Gasteiger partial charge in [0.25, 0.3) is 0 Å². The van der Waals surface area contributed by atoms with Gasteiger partial charge in [-0.2, -0.15) is 4.57 Å². The quantitative estimate of drug-likeness (QED) is 0.440. The average Bonchev–Trinajstić information content (AvgIpc) is 2.90. The normalized spacial score (nSPS) is 13.3. The summed E-state index contributed by atoms with van der Waals surface area (Å²) in [7, 11) is 0. The summed E-state index contributed by atoms with van der Waals surface area (Å²) in [6, 6.07) is 19.2. The van der Waals surface area contributed by atoms with Crippen molar-refractivity contribution in [2.45, 2.75) is 13.0 Å². The van der Waals surface area contributed by atoms with Crippen molar-refractivity contribution in [1.82, 2.24) is 0 Å². The zero-order valence-electron chi connectivity index (χ0n) is 11.5. The van der Waals surface area contributed by atoms with E-state index in [9.17, 15) is 0 Å². The molecule has 2 aromatic heterocycles. The van der Waals surface area contributed by atoms with E-state index in [1.807, 2.05) is 12.1 Å². The number of aromatic nitrogens is 1. The van der Waals surface area contributed by atoms with Gasteiger partial charge in [-0.25, -0.2) is 0 Å². The fourth-order valence-corrected chi connectivity index (χ4v) is 3.42. The third-order valence-corrected chi connectivity index (χ3v) is 4.44. The third kappa shape index (κ3) is 1.50. The summed E-state index contributed by atoms with van der Waals surface area (Å²) in [4.78, 5) is 0. The van der Waals surface area contributed by atoms with E-state index in [4.69, 9.17) is 4.42 Å². The maximum atomic E-state index is 6.00. The number of hydrogen-bond donors (Lipinski definition) is 0. The first kappa shape index (κ1) is 11.1. The summed E-state index contributed by atoms with van der Waals surface area (Å²) in [5.41, 5.74) is 5.98. The summed E-state index contributed by atoms with van der Waals surface area (Å²) >= 11 is 0. The van der Waals surface area contributed by atoms with Gasteiger partial charge >= 0.3 is 0 Å². The van der Waals surface area contributed by atoms with Crippen molar-refractivity contribution in [3.05, 3.63) is 66.4 Å². The Bertz CT molecular complexity index is 997. The Labute approximate surface area is 122 Å². The van der Waals surface area contributed by atoms with E-state index in [1.54, 1.807) is 0 Å². The molecule has 0 amide bonds. The summed E-state index contributed by atoms with van der Waals surface area (Å²) < 4.78 is 8.33. The standard InChI is InChI=1S/C19H14NO/c1-2-7-18-14(5-1)16-12-15-13(11-19(16)21-18)8-10-20-9-4-3-6-17(15)20/h1-7,9,11-12H,8,10H2/q+1. The van der Waals surface area contributed by atoms with Crippen molar-refractivity contribution in [3.63, 3.8) is 0 Å². The summed E-state index contributed by atoms with van der Waals surface area (Å²) in [6.45, 7) is 1.04. The zero-order chi connectivity index (χ0) is 13.8. The van der Waals surface area contributed by atoms with E-state index < -0.39 is 0 Å². The minimum absolute atomic E-state index is 0.968. The lowest BCUT2D eigenvalue weighted by Gasteiger charge is -2.14. The Kier molecular flexibility index (Phi) is 2.09. The average molecular weight is 272 g/mol. The van der Waals surface area contributed by atoms with Crippen LogP contribution in [0.15, 0.2) is 65.2 Å². The number of furan rings is 1. The molecule has 1 aliphatic rings. The van der Waals surface area contributed by atoms with Gasteiger partial charge in [0.1, 0.15) is 11.2 Å². The van der Waals surface area contributed by atoms with Crippen molar-refractivity contribution in [3.8, 4) is 11.3 Å². The van der Waals surface area contributed by atoms with E-state index >= 15 is 0 Å². The molecule has 1 aliphatic heterocycles. The third-order valence-electron chi connectivity index (χ3n) is 4.44. The zero-order valence-corrected chi connectivity index (χ0v) is 11.5. The van der Waals surface area contributed by atoms with Crippen LogP contribution in [0.5, 0.6) is 0 Å². The van der Waals surface area contributed by atoms with Crippen molar-refractivity contribution in [2.75, 3.05) is 0 Å². The highest BCUT2D eigenvalue weighted by Crippen LogP contribution is 2.35. The molecule has 0 spiro atoms. The molecule has 0 unspecified atom stereocenters. The molecule has 0 aliphatic carbocycles. The van der Waals surface area contributed by atoms with Crippen LogP contribution in [0.2, 0.25) is 0 Å². The number of benzene rings is 2. The van der Waals surface area contributed by atoms with Gasteiger partial charge in [-0.05, 0) is 29.8 Å². The van der Waals surface area contributed by atoms with Crippen molar-refractivity contribution in [2.24, 2.45) is 0 Å². The lowest BCUT2D eigenvalue weighted by molar-refractivity contribution is -0.687. The van der Waals surface area contributed by atoms with Gasteiger partial charge < -0.3 is 4.42 Å². The second kappa shape index (κ2) is 3.95. The van der Waals surface area contributed by atoms with Crippen LogP contribution in [0, 0.1) is 0 Å². The van der Waals surface area contributed by atoms with Gasteiger partial charge in [-0.3, -0.25) is 0 Å². The maximum absolute atomic E-state index is 6.00. The lowest BCUT2D eigenvalue weighted by atomic mass is 9.95. The SMILES string of the molecule is c1cc[n+]2c(c1)-c1cc3c(cc1CC2)oc1ccccc13. The van der Waals surface area contributed by atoms with Crippen LogP contribution in [0.3, 0.4) is 0 Å². The largest absolute Gasteiger partial charge is 0.456 e. The summed E-state index contributed by atoms with van der Waals surface area (Å²) in [6.07, 6.45) is 3.22. The first-order valence-electron chi connectivity index (χ1n) is 7.33. The van der Waals surface area contributed by atoms with E-state index in [0.29, 0.717) is 0 Å². The molecule has 0 N–H and O–H groups in total. The molecule has 2 heteroatoms. The molecule has 4 aromatic rings. The van der Waals surface area contributed by atoms with Gasteiger partial charge in [0.15, 0.2) is 12.7 Å². The number of nitrogens with zero attached hydrogens (tertiary/aromatic N) is 1. The number of aryl methyl sites for hydroxylation is 2. The van der Waals surface area contributed by atoms with Crippen molar-refractivity contribution < 1.29 is 8.98 Å². The van der Waals surface area contributed by atoms with Crippen LogP contribution in [-0.2, 0) is 13.0 Å². The van der Waals surface area contributed by atoms with Crippen LogP contribution < -0.4 is 4.57 Å². The molecule has 100 valence electrons. The topological polar surface area (TPSA) is 17.0 Å². The maximum Gasteiger partial charge on any atom is 0.212 e. The molecule has 5 rings (SSSR count). The highest BCUT2D eigenvalue weighted by molar-refractivity contribution is 6.06. The van der Waals surface area contributed by atoms with E-state index in [-0.39, 0.29) is 0 Å². The number of fused-ring (bicyclic) bond motifs is 6. The van der Waals surface area contributed by atoms with E-state index in [0.717, 1.165) is 24.1 Å². The van der Waals surface area contributed by atoms with Gasteiger partial charge in [-0.15, -0.1) is 0 Å². The molecule has 3 heterocycles. The van der Waals surface area contributed by atoms with E-state index in [2.05, 4.69) is 53.2 Å². The Morgan fingerprint density at radius 2 is 1.76 bits per heavy atom. The van der Waals surface area contributed by atoms with Gasteiger partial charge in [0, 0.05) is 29.3 Å². The molecule has 0 fully saturated rings. The Hall–Kier alpha value is -2.61. The smallest absolute Gasteiger partial charge is 0.212 e. The first-order chi connectivity index (χ1) is 10.4. The Balaban J connectivity index is 1.90. The molecule has 2 aromatic carbocycles. The van der Waals surface area contributed by atoms with Gasteiger partial charge in [-0.1, -0.05) is 18.2 Å². The van der Waals surface area contributed by atoms with E-state index in [1.165, 1.54) is 27.6 Å². The number of pyridine rings is 1. The molecule has 21 heavy (non-hydrogen) atoms. The molecule has 0 atom stereocenters. The summed E-state index contributed by atoms with van der Waals surface area (Å²) in [5, 5.41) is 2.41. The van der Waals surface area contributed by atoms with Crippen molar-refractivity contribution >= 4 is 21.9 Å². The molecule has 0 saturated heterocycles. The lowest BCUT2D eigenvalue weighted by Crippen LogP contribution is -2.39. The first-order valence-corrected chi connectivity index (χ1v) is 7.33. The highest BCUT2D eigenvalue weighted by atomic mass is 16.3. The minimum atomic E-state index is 0.968. The number of hydrogen-bond acceptors (Lipinski definition) is 1. The molecule has 0 radical (unpaired) electrons. The van der Waals surface area contributed by atoms with Crippen LogP contribution in [0.1, 0.15) is 5.56 Å². The second-order valence-electron chi connectivity index (χ2n) is 5.63. The molecule has 0 bridgehead atoms. The molecule has 2 nitrogen and oxygen atoms in total.